The Balaban J connectivity index is 1.76. The SMILES string of the molecule is C=CCN1C(=O)COc2ccc(C(=O)C(C)S(=O)(=O)CC(=O)Nc3ccc(F)cc3)cc21. The number of carbonyl (C=O) groups excluding carboxylic acids is 3. The lowest BCUT2D eigenvalue weighted by atomic mass is 10.1. The van der Waals surface area contributed by atoms with Crippen LogP contribution in [0.3, 0.4) is 0 Å². The molecule has 1 aliphatic rings. The van der Waals surface area contributed by atoms with Crippen molar-refractivity contribution in [3.63, 3.8) is 0 Å². The summed E-state index contributed by atoms with van der Waals surface area (Å²) in [7, 11) is -4.15. The molecule has 8 nitrogen and oxygen atoms in total. The van der Waals surface area contributed by atoms with Gasteiger partial charge in [0.2, 0.25) is 5.91 Å². The number of Topliss-reactive ketones (excluding diaryl/α,β-unsaturated/α-hetero) is 1. The third-order valence-electron chi connectivity index (χ3n) is 4.87. The van der Waals surface area contributed by atoms with E-state index in [1.807, 2.05) is 0 Å². The lowest BCUT2D eigenvalue weighted by Gasteiger charge is -2.29. The van der Waals surface area contributed by atoms with Crippen molar-refractivity contribution < 1.29 is 31.9 Å². The van der Waals surface area contributed by atoms with E-state index >= 15 is 0 Å². The van der Waals surface area contributed by atoms with E-state index in [0.29, 0.717) is 11.4 Å². The summed E-state index contributed by atoms with van der Waals surface area (Å²) in [5.41, 5.74) is 0.629. The number of ketones is 1. The largest absolute Gasteiger partial charge is 0.482 e. The van der Waals surface area contributed by atoms with Crippen molar-refractivity contribution in [3.8, 4) is 5.75 Å². The summed E-state index contributed by atoms with van der Waals surface area (Å²) in [5.74, 6) is -2.93. The fourth-order valence-electron chi connectivity index (χ4n) is 3.12. The molecule has 0 radical (unpaired) electrons. The Morgan fingerprint density at radius 1 is 1.25 bits per heavy atom. The highest BCUT2D eigenvalue weighted by atomic mass is 32.2. The van der Waals surface area contributed by atoms with Crippen LogP contribution in [0, 0.1) is 5.82 Å². The van der Waals surface area contributed by atoms with Crippen LogP contribution < -0.4 is 15.0 Å². The predicted octanol–water partition coefficient (Wildman–Crippen LogP) is 2.36. The molecule has 2 aromatic rings. The second-order valence-corrected chi connectivity index (χ2v) is 9.45. The summed E-state index contributed by atoms with van der Waals surface area (Å²) in [4.78, 5) is 38.5. The summed E-state index contributed by atoms with van der Waals surface area (Å²) < 4.78 is 43.7. The highest BCUT2D eigenvalue weighted by Crippen LogP contribution is 2.33. The average molecular weight is 460 g/mol. The first-order valence-electron chi connectivity index (χ1n) is 9.61. The molecule has 2 aromatic carbocycles. The first-order chi connectivity index (χ1) is 15.1. The molecule has 2 amide bonds. The van der Waals surface area contributed by atoms with Crippen molar-refractivity contribution in [1.29, 1.82) is 0 Å². The van der Waals surface area contributed by atoms with E-state index in [9.17, 15) is 27.2 Å². The number of nitrogens with zero attached hydrogens (tertiary/aromatic N) is 1. The predicted molar refractivity (Wildman–Crippen MR) is 117 cm³/mol. The Kier molecular flexibility index (Phi) is 6.73. The van der Waals surface area contributed by atoms with Crippen molar-refractivity contribution in [2.24, 2.45) is 0 Å². The van der Waals surface area contributed by atoms with Crippen LogP contribution in [0.15, 0.2) is 55.1 Å². The number of ether oxygens (including phenoxy) is 1. The Bertz CT molecular complexity index is 1180. The number of benzene rings is 2. The Morgan fingerprint density at radius 3 is 2.59 bits per heavy atom. The van der Waals surface area contributed by atoms with Crippen LogP contribution >= 0.6 is 0 Å². The normalized spacial score (nSPS) is 14.2. The fraction of sp³-hybridized carbons (Fsp3) is 0.227. The van der Waals surface area contributed by atoms with Crippen LogP contribution in [0.4, 0.5) is 15.8 Å². The van der Waals surface area contributed by atoms with E-state index in [4.69, 9.17) is 4.74 Å². The van der Waals surface area contributed by atoms with Crippen LogP contribution in [-0.2, 0) is 19.4 Å². The van der Waals surface area contributed by atoms with Crippen LogP contribution in [-0.4, -0.2) is 50.2 Å². The van der Waals surface area contributed by atoms with Gasteiger partial charge in [0.1, 0.15) is 22.6 Å². The van der Waals surface area contributed by atoms with E-state index in [1.54, 1.807) is 0 Å². The van der Waals surface area contributed by atoms with Crippen molar-refractivity contribution in [2.45, 2.75) is 12.2 Å². The maximum Gasteiger partial charge on any atom is 0.265 e. The first-order valence-corrected chi connectivity index (χ1v) is 11.3. The van der Waals surface area contributed by atoms with Gasteiger partial charge in [-0.15, -0.1) is 6.58 Å². The van der Waals surface area contributed by atoms with Gasteiger partial charge in [0.15, 0.2) is 22.2 Å². The zero-order valence-electron chi connectivity index (χ0n) is 17.2. The molecule has 0 saturated carbocycles. The van der Waals surface area contributed by atoms with Gasteiger partial charge >= 0.3 is 0 Å². The van der Waals surface area contributed by atoms with E-state index < -0.39 is 38.3 Å². The molecule has 10 heteroatoms. The maximum atomic E-state index is 13.0. The fourth-order valence-corrected chi connectivity index (χ4v) is 4.27. The zero-order chi connectivity index (χ0) is 23.5. The first kappa shape index (κ1) is 23.1. The van der Waals surface area contributed by atoms with Gasteiger partial charge in [0, 0.05) is 17.8 Å². The molecule has 1 aliphatic heterocycles. The van der Waals surface area contributed by atoms with Crippen molar-refractivity contribution in [2.75, 3.05) is 29.1 Å². The lowest BCUT2D eigenvalue weighted by molar-refractivity contribution is -0.121. The second kappa shape index (κ2) is 9.31. The van der Waals surface area contributed by atoms with Gasteiger partial charge in [-0.2, -0.15) is 0 Å². The molecule has 0 aliphatic carbocycles. The number of nitrogens with one attached hydrogen (secondary N) is 1. The van der Waals surface area contributed by atoms with Gasteiger partial charge in [-0.25, -0.2) is 12.8 Å². The minimum atomic E-state index is -4.15. The molecule has 1 atom stereocenters. The summed E-state index contributed by atoms with van der Waals surface area (Å²) >= 11 is 0. The standard InChI is InChI=1S/C22H21FN2O6S/c1-3-10-25-18-11-15(4-9-19(18)31-12-21(25)27)22(28)14(2)32(29,30)13-20(26)24-17-7-5-16(23)6-8-17/h3-9,11,14H,1,10,12-13H2,2H3,(H,24,26). The van der Waals surface area contributed by atoms with E-state index in [1.165, 1.54) is 48.2 Å². The topological polar surface area (TPSA) is 110 Å². The van der Waals surface area contributed by atoms with Gasteiger partial charge in [0.25, 0.3) is 5.91 Å². The van der Waals surface area contributed by atoms with Gasteiger partial charge in [-0.3, -0.25) is 14.4 Å². The molecular formula is C22H21FN2O6S. The Labute approximate surface area is 184 Å². The minimum Gasteiger partial charge on any atom is -0.482 e. The number of fused-ring (bicyclic) bond motifs is 1. The van der Waals surface area contributed by atoms with Crippen molar-refractivity contribution >= 4 is 38.8 Å². The van der Waals surface area contributed by atoms with E-state index in [2.05, 4.69) is 11.9 Å². The molecule has 1 N–H and O–H groups in total. The van der Waals surface area contributed by atoms with Gasteiger partial charge < -0.3 is 15.0 Å². The van der Waals surface area contributed by atoms with Gasteiger partial charge in [0.05, 0.1) is 5.69 Å². The summed E-state index contributed by atoms with van der Waals surface area (Å²) in [6.07, 6.45) is 1.52. The van der Waals surface area contributed by atoms with Crippen LogP contribution in [0.2, 0.25) is 0 Å². The molecule has 3 rings (SSSR count). The number of hydrogen-bond donors (Lipinski definition) is 1. The minimum absolute atomic E-state index is 0.0612. The molecule has 0 aromatic heterocycles. The number of amides is 2. The molecule has 0 saturated heterocycles. The maximum absolute atomic E-state index is 13.0. The van der Waals surface area contributed by atoms with E-state index in [0.717, 1.165) is 12.1 Å². The van der Waals surface area contributed by atoms with Gasteiger partial charge in [-0.05, 0) is 49.4 Å². The molecular weight excluding hydrogens is 439 g/mol. The molecule has 32 heavy (non-hydrogen) atoms. The van der Waals surface area contributed by atoms with Crippen molar-refractivity contribution in [3.05, 3.63) is 66.5 Å². The lowest BCUT2D eigenvalue weighted by Crippen LogP contribution is -2.39. The number of halogens is 1. The number of carbonyl (C=O) groups is 3. The summed E-state index contributed by atoms with van der Waals surface area (Å²) in [6, 6.07) is 9.12. The average Bonchev–Trinajstić information content (AvgIpc) is 2.75. The molecule has 0 fully saturated rings. The second-order valence-electron chi connectivity index (χ2n) is 7.13. The number of hydrogen-bond acceptors (Lipinski definition) is 6. The smallest absolute Gasteiger partial charge is 0.265 e. The molecule has 1 heterocycles. The highest BCUT2D eigenvalue weighted by Gasteiger charge is 2.32. The zero-order valence-corrected chi connectivity index (χ0v) is 18.0. The van der Waals surface area contributed by atoms with Crippen LogP contribution in [0.25, 0.3) is 0 Å². The summed E-state index contributed by atoms with van der Waals surface area (Å²) in [5, 5.41) is 0.851. The van der Waals surface area contributed by atoms with Gasteiger partial charge in [-0.1, -0.05) is 6.08 Å². The monoisotopic (exact) mass is 460 g/mol. The van der Waals surface area contributed by atoms with Crippen LogP contribution in [0.5, 0.6) is 5.75 Å². The third-order valence-corrected chi connectivity index (χ3v) is 6.82. The molecule has 0 spiro atoms. The number of anilines is 2. The Hall–Kier alpha value is -3.53. The van der Waals surface area contributed by atoms with E-state index in [-0.39, 0.29) is 30.3 Å². The highest BCUT2D eigenvalue weighted by molar-refractivity contribution is 7.93. The summed E-state index contributed by atoms with van der Waals surface area (Å²) in [6.45, 7) is 4.85. The Morgan fingerprint density at radius 2 is 1.94 bits per heavy atom. The molecule has 168 valence electrons. The molecule has 0 bridgehead atoms. The third kappa shape index (κ3) is 5.02. The number of sulfone groups is 1. The number of rotatable bonds is 8. The molecule has 1 unspecified atom stereocenters. The van der Waals surface area contributed by atoms with Crippen LogP contribution in [0.1, 0.15) is 17.3 Å². The quantitative estimate of drug-likeness (QED) is 0.478. The van der Waals surface area contributed by atoms with Crippen molar-refractivity contribution in [1.82, 2.24) is 0 Å².